The van der Waals surface area contributed by atoms with Crippen molar-refractivity contribution in [2.45, 2.75) is 26.2 Å². The van der Waals surface area contributed by atoms with E-state index in [1.807, 2.05) is 24.3 Å². The minimum absolute atomic E-state index is 0.253. The number of nitrogens with one attached hydrogen (secondary N) is 1. The maximum Gasteiger partial charge on any atom is 0.231 e. The second-order valence-corrected chi connectivity index (χ2v) is 9.30. The van der Waals surface area contributed by atoms with Crippen molar-refractivity contribution in [3.63, 3.8) is 0 Å². The first-order chi connectivity index (χ1) is 15.2. The minimum atomic E-state index is 0.253. The summed E-state index contributed by atoms with van der Waals surface area (Å²) in [6, 6.07) is 7.77. The summed E-state index contributed by atoms with van der Waals surface area (Å²) in [5, 5.41) is 13.4. The number of fused-ring (bicyclic) bond motifs is 6. The van der Waals surface area contributed by atoms with Gasteiger partial charge in [-0.05, 0) is 55.0 Å². The Balaban J connectivity index is 1.32. The van der Waals surface area contributed by atoms with Crippen LogP contribution in [0.4, 0.5) is 0 Å². The lowest BCUT2D eigenvalue weighted by atomic mass is 9.89. The first kappa shape index (κ1) is 17.2. The third-order valence-electron chi connectivity index (χ3n) is 6.12. The van der Waals surface area contributed by atoms with Gasteiger partial charge in [-0.25, -0.2) is 14.5 Å². The molecule has 1 aromatic carbocycles. The molecule has 0 spiro atoms. The molecular formula is C22H18N6O2S. The fourth-order valence-corrected chi connectivity index (χ4v) is 5.84. The normalized spacial score (nSPS) is 17.5. The number of thiophene rings is 1. The van der Waals surface area contributed by atoms with Crippen molar-refractivity contribution < 1.29 is 9.47 Å². The molecular weight excluding hydrogens is 412 g/mol. The number of aromatic amines is 1. The van der Waals surface area contributed by atoms with E-state index >= 15 is 0 Å². The monoisotopic (exact) mass is 430 g/mol. The predicted molar refractivity (Wildman–Crippen MR) is 116 cm³/mol. The SMILES string of the molecule is C[C@H]1CCc2c(sc3ncn4nc(-c5cc(-c6ccc7c(c6)OCO7)n[nH]5)nc4c23)C1. The van der Waals surface area contributed by atoms with Gasteiger partial charge < -0.3 is 9.47 Å². The zero-order valence-electron chi connectivity index (χ0n) is 16.8. The van der Waals surface area contributed by atoms with Crippen molar-refractivity contribution in [2.24, 2.45) is 5.92 Å². The summed E-state index contributed by atoms with van der Waals surface area (Å²) >= 11 is 1.80. The summed E-state index contributed by atoms with van der Waals surface area (Å²) in [4.78, 5) is 12.0. The van der Waals surface area contributed by atoms with Crippen LogP contribution in [0.5, 0.6) is 11.5 Å². The molecule has 1 aliphatic carbocycles. The number of hydrogen-bond acceptors (Lipinski definition) is 7. The summed E-state index contributed by atoms with van der Waals surface area (Å²) < 4.78 is 12.7. The van der Waals surface area contributed by atoms with Crippen molar-refractivity contribution >= 4 is 27.2 Å². The smallest absolute Gasteiger partial charge is 0.231 e. The van der Waals surface area contributed by atoms with Crippen molar-refractivity contribution in [1.29, 1.82) is 0 Å². The zero-order chi connectivity index (χ0) is 20.5. The summed E-state index contributed by atoms with van der Waals surface area (Å²) in [5.41, 5.74) is 4.78. The highest BCUT2D eigenvalue weighted by atomic mass is 32.1. The molecule has 8 nitrogen and oxygen atoms in total. The van der Waals surface area contributed by atoms with E-state index in [4.69, 9.17) is 14.5 Å². The van der Waals surface area contributed by atoms with Gasteiger partial charge in [0.25, 0.3) is 0 Å². The van der Waals surface area contributed by atoms with Crippen LogP contribution < -0.4 is 9.47 Å². The van der Waals surface area contributed by atoms with Gasteiger partial charge in [0.05, 0.1) is 11.1 Å². The van der Waals surface area contributed by atoms with E-state index < -0.39 is 0 Å². The molecule has 0 saturated heterocycles. The van der Waals surface area contributed by atoms with Gasteiger partial charge in [0.1, 0.15) is 16.9 Å². The molecule has 7 rings (SSSR count). The Morgan fingerprint density at radius 2 is 2.13 bits per heavy atom. The zero-order valence-corrected chi connectivity index (χ0v) is 17.6. The van der Waals surface area contributed by atoms with Gasteiger partial charge in [0, 0.05) is 10.4 Å². The lowest BCUT2D eigenvalue weighted by Crippen LogP contribution is -2.08. The molecule has 0 bridgehead atoms. The molecule has 5 aromatic rings. The molecule has 1 atom stereocenters. The molecule has 0 radical (unpaired) electrons. The molecule has 4 aromatic heterocycles. The van der Waals surface area contributed by atoms with Crippen LogP contribution in [0.15, 0.2) is 30.6 Å². The maximum absolute atomic E-state index is 5.48. The molecule has 9 heteroatoms. The van der Waals surface area contributed by atoms with Gasteiger partial charge in [-0.1, -0.05) is 6.92 Å². The Bertz CT molecular complexity index is 1480. The number of hydrogen-bond donors (Lipinski definition) is 1. The van der Waals surface area contributed by atoms with E-state index in [1.54, 1.807) is 22.2 Å². The molecule has 2 aliphatic rings. The number of rotatable bonds is 2. The van der Waals surface area contributed by atoms with Gasteiger partial charge in [-0.15, -0.1) is 16.4 Å². The molecule has 0 saturated carbocycles. The average molecular weight is 430 g/mol. The van der Waals surface area contributed by atoms with E-state index in [0.717, 1.165) is 63.1 Å². The van der Waals surface area contributed by atoms with Crippen LogP contribution in [0.1, 0.15) is 23.8 Å². The summed E-state index contributed by atoms with van der Waals surface area (Å²) in [6.07, 6.45) is 5.18. The Morgan fingerprint density at radius 3 is 3.10 bits per heavy atom. The Kier molecular flexibility index (Phi) is 3.49. The topological polar surface area (TPSA) is 90.2 Å². The summed E-state index contributed by atoms with van der Waals surface area (Å²) in [7, 11) is 0. The fourth-order valence-electron chi connectivity index (χ4n) is 4.49. The number of aryl methyl sites for hydroxylation is 1. The molecule has 31 heavy (non-hydrogen) atoms. The highest BCUT2D eigenvalue weighted by molar-refractivity contribution is 7.19. The first-order valence-corrected chi connectivity index (χ1v) is 11.2. The molecule has 0 amide bonds. The summed E-state index contributed by atoms with van der Waals surface area (Å²) in [6.45, 7) is 2.57. The number of nitrogens with zero attached hydrogens (tertiary/aromatic N) is 5. The largest absolute Gasteiger partial charge is 0.454 e. The van der Waals surface area contributed by atoms with Gasteiger partial charge in [0.15, 0.2) is 23.0 Å². The van der Waals surface area contributed by atoms with Crippen LogP contribution >= 0.6 is 11.3 Å². The van der Waals surface area contributed by atoms with Crippen LogP contribution in [0.2, 0.25) is 0 Å². The van der Waals surface area contributed by atoms with Crippen molar-refractivity contribution in [3.05, 3.63) is 41.0 Å². The van der Waals surface area contributed by atoms with Crippen molar-refractivity contribution in [3.8, 4) is 34.3 Å². The number of H-pyrrole nitrogens is 1. The van der Waals surface area contributed by atoms with Gasteiger partial charge in [-0.3, -0.25) is 5.10 Å². The number of benzene rings is 1. The van der Waals surface area contributed by atoms with E-state index in [9.17, 15) is 0 Å². The van der Waals surface area contributed by atoms with Gasteiger partial charge >= 0.3 is 0 Å². The van der Waals surface area contributed by atoms with E-state index in [2.05, 4.69) is 27.2 Å². The molecule has 154 valence electrons. The van der Waals surface area contributed by atoms with Crippen molar-refractivity contribution in [2.75, 3.05) is 6.79 Å². The van der Waals surface area contributed by atoms with Crippen LogP contribution in [-0.2, 0) is 12.8 Å². The van der Waals surface area contributed by atoms with E-state index in [0.29, 0.717) is 5.82 Å². The van der Waals surface area contributed by atoms with Gasteiger partial charge in [0.2, 0.25) is 6.79 Å². The number of aromatic nitrogens is 6. The van der Waals surface area contributed by atoms with Crippen molar-refractivity contribution in [1.82, 2.24) is 29.8 Å². The van der Waals surface area contributed by atoms with E-state index in [-0.39, 0.29) is 6.79 Å². The Labute approximate surface area is 180 Å². The average Bonchev–Trinajstić information content (AvgIpc) is 3.55. The van der Waals surface area contributed by atoms with Gasteiger partial charge in [-0.2, -0.15) is 5.10 Å². The third-order valence-corrected chi connectivity index (χ3v) is 7.28. The maximum atomic E-state index is 5.48. The second-order valence-electron chi connectivity index (χ2n) is 8.21. The molecule has 0 fully saturated rings. The first-order valence-electron chi connectivity index (χ1n) is 10.3. The molecule has 0 unspecified atom stereocenters. The lowest BCUT2D eigenvalue weighted by molar-refractivity contribution is 0.174. The molecule has 1 N–H and O–H groups in total. The molecule has 1 aliphatic heterocycles. The third kappa shape index (κ3) is 2.59. The van der Waals surface area contributed by atoms with E-state index in [1.165, 1.54) is 16.9 Å². The lowest BCUT2D eigenvalue weighted by Gasteiger charge is -2.17. The quantitative estimate of drug-likeness (QED) is 0.450. The van der Waals surface area contributed by atoms with Crippen LogP contribution in [-0.4, -0.2) is 36.6 Å². The fraction of sp³-hybridized carbons (Fsp3) is 0.273. The second kappa shape index (κ2) is 6.27. The number of ether oxygens (including phenoxy) is 2. The Morgan fingerprint density at radius 1 is 1.19 bits per heavy atom. The summed E-state index contributed by atoms with van der Waals surface area (Å²) in [5.74, 6) is 2.83. The Hall–Kier alpha value is -3.46. The predicted octanol–water partition coefficient (Wildman–Crippen LogP) is 4.25. The highest BCUT2D eigenvalue weighted by Gasteiger charge is 2.24. The molecule has 5 heterocycles. The van der Waals surface area contributed by atoms with Crippen LogP contribution in [0, 0.1) is 5.92 Å². The highest BCUT2D eigenvalue weighted by Crippen LogP contribution is 2.39. The minimum Gasteiger partial charge on any atom is -0.454 e. The standard InChI is InChI=1S/C22H18N6O2S/c1-11-2-4-13-18(6-11)31-22-19(13)21-24-20(27-28(21)9-23-22)15-8-14(25-26-15)12-3-5-16-17(7-12)30-10-29-16/h3,5,7-9,11H,2,4,6,10H2,1H3,(H,25,26)/t11-/m0/s1. The van der Waals surface area contributed by atoms with Crippen LogP contribution in [0.3, 0.4) is 0 Å². The van der Waals surface area contributed by atoms with Crippen LogP contribution in [0.25, 0.3) is 38.6 Å².